The molecule has 0 aromatic carbocycles. The van der Waals surface area contributed by atoms with Crippen LogP contribution in [0.4, 0.5) is 0 Å². The molecule has 2 unspecified atom stereocenters. The Labute approximate surface area is 90.4 Å². The van der Waals surface area contributed by atoms with Gasteiger partial charge in [-0.3, -0.25) is 0 Å². The average molecular weight is 209 g/mol. The fourth-order valence-corrected chi connectivity index (χ4v) is 1.86. The predicted octanol–water partition coefficient (Wildman–Crippen LogP) is 2.05. The van der Waals surface area contributed by atoms with Crippen LogP contribution < -0.4 is 5.32 Å². The van der Waals surface area contributed by atoms with E-state index in [0.29, 0.717) is 11.8 Å². The van der Waals surface area contributed by atoms with Gasteiger partial charge in [-0.2, -0.15) is 4.98 Å². The van der Waals surface area contributed by atoms with Crippen molar-refractivity contribution in [2.24, 2.45) is 0 Å². The molecule has 0 spiro atoms. The van der Waals surface area contributed by atoms with Crippen LogP contribution in [-0.2, 0) is 0 Å². The maximum absolute atomic E-state index is 5.33. The van der Waals surface area contributed by atoms with Crippen LogP contribution in [0, 0.1) is 0 Å². The first kappa shape index (κ1) is 10.6. The molecule has 2 atom stereocenters. The molecule has 84 valence electrons. The summed E-state index contributed by atoms with van der Waals surface area (Å²) < 4.78 is 5.33. The van der Waals surface area contributed by atoms with Crippen LogP contribution in [0.2, 0.25) is 0 Å². The van der Waals surface area contributed by atoms with E-state index in [1.54, 1.807) is 0 Å². The summed E-state index contributed by atoms with van der Waals surface area (Å²) in [6.07, 6.45) is 3.42. The second kappa shape index (κ2) is 4.75. The van der Waals surface area contributed by atoms with Gasteiger partial charge in [0.15, 0.2) is 5.82 Å². The molecular formula is C11H19N3O. The normalized spacial score (nSPS) is 24.0. The molecule has 0 bridgehead atoms. The number of aromatic nitrogens is 2. The van der Waals surface area contributed by atoms with Crippen LogP contribution >= 0.6 is 0 Å². The highest BCUT2D eigenvalue weighted by molar-refractivity contribution is 4.99. The highest BCUT2D eigenvalue weighted by Crippen LogP contribution is 2.23. The van der Waals surface area contributed by atoms with Crippen molar-refractivity contribution in [3.8, 4) is 0 Å². The summed E-state index contributed by atoms with van der Waals surface area (Å²) in [5, 5.41) is 7.41. The molecule has 4 nitrogen and oxygen atoms in total. The number of nitrogens with one attached hydrogen (secondary N) is 1. The molecule has 1 aromatic rings. The fraction of sp³-hybridized carbons (Fsp3) is 0.818. The minimum absolute atomic E-state index is 0.402. The zero-order valence-corrected chi connectivity index (χ0v) is 9.49. The van der Waals surface area contributed by atoms with E-state index in [-0.39, 0.29) is 0 Å². The van der Waals surface area contributed by atoms with Gasteiger partial charge in [0, 0.05) is 12.5 Å². The van der Waals surface area contributed by atoms with Crippen LogP contribution in [-0.4, -0.2) is 23.2 Å². The van der Waals surface area contributed by atoms with Crippen LogP contribution in [0.1, 0.15) is 56.7 Å². The zero-order chi connectivity index (χ0) is 10.7. The van der Waals surface area contributed by atoms with Gasteiger partial charge in [-0.25, -0.2) is 0 Å². The summed E-state index contributed by atoms with van der Waals surface area (Å²) in [7, 11) is 0. The number of hydrogen-bond acceptors (Lipinski definition) is 4. The molecule has 1 aromatic heterocycles. The van der Waals surface area contributed by atoms with Crippen LogP contribution in [0.15, 0.2) is 4.52 Å². The van der Waals surface area contributed by atoms with E-state index in [1.807, 2.05) is 0 Å². The van der Waals surface area contributed by atoms with E-state index in [1.165, 1.54) is 6.42 Å². The highest BCUT2D eigenvalue weighted by Gasteiger charge is 2.22. The topological polar surface area (TPSA) is 51.0 Å². The first-order valence-electron chi connectivity index (χ1n) is 5.85. The lowest BCUT2D eigenvalue weighted by molar-refractivity contribution is 0.319. The van der Waals surface area contributed by atoms with E-state index in [2.05, 4.69) is 29.3 Å². The molecule has 2 rings (SSSR count). The van der Waals surface area contributed by atoms with Crippen molar-refractivity contribution in [2.75, 3.05) is 13.1 Å². The Balaban J connectivity index is 2.05. The lowest BCUT2D eigenvalue weighted by Gasteiger charge is -2.18. The highest BCUT2D eigenvalue weighted by atomic mass is 16.5. The van der Waals surface area contributed by atoms with E-state index in [0.717, 1.165) is 37.6 Å². The molecule has 1 aliphatic heterocycles. The van der Waals surface area contributed by atoms with Gasteiger partial charge in [-0.1, -0.05) is 19.0 Å². The van der Waals surface area contributed by atoms with Crippen LogP contribution in [0.25, 0.3) is 0 Å². The van der Waals surface area contributed by atoms with Gasteiger partial charge in [-0.15, -0.1) is 0 Å². The largest absolute Gasteiger partial charge is 0.339 e. The fourth-order valence-electron chi connectivity index (χ4n) is 1.86. The zero-order valence-electron chi connectivity index (χ0n) is 9.49. The molecule has 0 saturated carbocycles. The summed E-state index contributed by atoms with van der Waals surface area (Å²) >= 11 is 0. The average Bonchev–Trinajstić information content (AvgIpc) is 2.78. The van der Waals surface area contributed by atoms with Gasteiger partial charge in [0.25, 0.3) is 0 Å². The monoisotopic (exact) mass is 209 g/mol. The van der Waals surface area contributed by atoms with Gasteiger partial charge < -0.3 is 9.84 Å². The van der Waals surface area contributed by atoms with Crippen molar-refractivity contribution < 1.29 is 4.52 Å². The molecule has 1 fully saturated rings. The Morgan fingerprint density at radius 1 is 1.60 bits per heavy atom. The lowest BCUT2D eigenvalue weighted by atomic mass is 10.00. The van der Waals surface area contributed by atoms with Crippen molar-refractivity contribution in [1.82, 2.24) is 15.5 Å². The van der Waals surface area contributed by atoms with E-state index < -0.39 is 0 Å². The molecular weight excluding hydrogens is 190 g/mol. The Morgan fingerprint density at radius 3 is 3.13 bits per heavy atom. The summed E-state index contributed by atoms with van der Waals surface area (Å²) in [6.45, 7) is 6.36. The van der Waals surface area contributed by atoms with E-state index in [9.17, 15) is 0 Å². The second-order valence-corrected chi connectivity index (χ2v) is 4.34. The quantitative estimate of drug-likeness (QED) is 0.827. The van der Waals surface area contributed by atoms with Crippen molar-refractivity contribution in [3.05, 3.63) is 11.7 Å². The molecule has 0 radical (unpaired) electrons. The third-order valence-corrected chi connectivity index (χ3v) is 3.16. The molecule has 1 aliphatic rings. The van der Waals surface area contributed by atoms with Crippen molar-refractivity contribution in [2.45, 2.75) is 44.9 Å². The van der Waals surface area contributed by atoms with Gasteiger partial charge in [0.1, 0.15) is 0 Å². The minimum atomic E-state index is 0.402. The van der Waals surface area contributed by atoms with Gasteiger partial charge in [0.2, 0.25) is 5.89 Å². The molecule has 1 N–H and O–H groups in total. The van der Waals surface area contributed by atoms with E-state index >= 15 is 0 Å². The number of nitrogens with zero attached hydrogens (tertiary/aromatic N) is 2. The van der Waals surface area contributed by atoms with Crippen LogP contribution in [0.3, 0.4) is 0 Å². The smallest absolute Gasteiger partial charge is 0.231 e. The second-order valence-electron chi connectivity index (χ2n) is 4.34. The summed E-state index contributed by atoms with van der Waals surface area (Å²) in [5.41, 5.74) is 0. The maximum Gasteiger partial charge on any atom is 0.231 e. The van der Waals surface area contributed by atoms with Crippen molar-refractivity contribution in [3.63, 3.8) is 0 Å². The third kappa shape index (κ3) is 2.37. The number of rotatable bonds is 3. The first-order valence-corrected chi connectivity index (χ1v) is 5.85. The van der Waals surface area contributed by atoms with Gasteiger partial charge in [0.05, 0.1) is 5.92 Å². The standard InChI is InChI=1S/C11H19N3O/c1-3-8(2)10-13-11(15-14-10)9-5-4-6-12-7-9/h8-9,12H,3-7H2,1-2H3. The summed E-state index contributed by atoms with van der Waals surface area (Å²) in [5.74, 6) is 2.50. The SMILES string of the molecule is CCC(C)c1noc(C2CCCNC2)n1. The number of hydrogen-bond donors (Lipinski definition) is 1. The predicted molar refractivity (Wildman–Crippen MR) is 57.8 cm³/mol. The number of piperidine rings is 1. The van der Waals surface area contributed by atoms with E-state index in [4.69, 9.17) is 4.52 Å². The molecule has 15 heavy (non-hydrogen) atoms. The van der Waals surface area contributed by atoms with Crippen molar-refractivity contribution >= 4 is 0 Å². The molecule has 1 saturated heterocycles. The lowest BCUT2D eigenvalue weighted by Crippen LogP contribution is -2.28. The molecule has 0 aliphatic carbocycles. The summed E-state index contributed by atoms with van der Waals surface area (Å²) in [4.78, 5) is 4.49. The van der Waals surface area contributed by atoms with Gasteiger partial charge in [-0.05, 0) is 25.8 Å². The Bertz CT molecular complexity index is 305. The van der Waals surface area contributed by atoms with Crippen LogP contribution in [0.5, 0.6) is 0 Å². The minimum Gasteiger partial charge on any atom is -0.339 e. The Hall–Kier alpha value is -0.900. The molecule has 0 amide bonds. The summed E-state index contributed by atoms with van der Waals surface area (Å²) in [6, 6.07) is 0. The Morgan fingerprint density at radius 2 is 2.47 bits per heavy atom. The molecule has 4 heteroatoms. The van der Waals surface area contributed by atoms with Crippen molar-refractivity contribution in [1.29, 1.82) is 0 Å². The van der Waals surface area contributed by atoms with Gasteiger partial charge >= 0.3 is 0 Å². The molecule has 2 heterocycles. The first-order chi connectivity index (χ1) is 7.31. The maximum atomic E-state index is 5.33. The third-order valence-electron chi connectivity index (χ3n) is 3.16. The Kier molecular flexibility index (Phi) is 3.36.